The largest absolute Gasteiger partial charge is 0.324 e. The number of nitrogens with one attached hydrogen (secondary N) is 1. The van der Waals surface area contributed by atoms with E-state index in [2.05, 4.69) is 14.9 Å². The molecule has 1 aromatic heterocycles. The van der Waals surface area contributed by atoms with Crippen molar-refractivity contribution >= 4 is 62.0 Å². The van der Waals surface area contributed by atoms with Gasteiger partial charge >= 0.3 is 0 Å². The summed E-state index contributed by atoms with van der Waals surface area (Å²) < 4.78 is 27.9. The molecule has 28 heavy (non-hydrogen) atoms. The molecule has 3 aromatic rings. The first-order valence-electron chi connectivity index (χ1n) is 8.20. The number of fused-ring (bicyclic) bond motifs is 1. The number of halogens is 3. The van der Waals surface area contributed by atoms with Gasteiger partial charge in [0.15, 0.2) is 11.0 Å². The Labute approximate surface area is 177 Å². The molecule has 0 spiro atoms. The van der Waals surface area contributed by atoms with Crippen LogP contribution in [0.5, 0.6) is 0 Å². The van der Waals surface area contributed by atoms with Crippen molar-refractivity contribution in [3.8, 4) is 0 Å². The van der Waals surface area contributed by atoms with E-state index >= 15 is 0 Å². The van der Waals surface area contributed by atoms with Crippen LogP contribution in [0.25, 0.3) is 0 Å². The summed E-state index contributed by atoms with van der Waals surface area (Å²) in [5, 5.41) is 8.81. The first kappa shape index (κ1) is 19.3. The minimum Gasteiger partial charge on any atom is -0.324 e. The SMILES string of the molecule is O=S(=O)(Nc1ccc2c(c1)CCN2c1ccc(Cl)nn1)c1cc(Cl)cc(Cl)c1. The van der Waals surface area contributed by atoms with E-state index in [-0.39, 0.29) is 14.9 Å². The van der Waals surface area contributed by atoms with Crippen molar-refractivity contribution in [3.63, 3.8) is 0 Å². The Morgan fingerprint density at radius 2 is 1.68 bits per heavy atom. The number of hydrogen-bond acceptors (Lipinski definition) is 5. The molecule has 1 N–H and O–H groups in total. The Morgan fingerprint density at radius 1 is 0.929 bits per heavy atom. The van der Waals surface area contributed by atoms with E-state index < -0.39 is 10.0 Å². The van der Waals surface area contributed by atoms with Gasteiger partial charge in [0.1, 0.15) is 0 Å². The molecule has 6 nitrogen and oxygen atoms in total. The fourth-order valence-corrected chi connectivity index (χ4v) is 4.93. The molecule has 0 saturated carbocycles. The van der Waals surface area contributed by atoms with E-state index in [1.54, 1.807) is 18.2 Å². The Morgan fingerprint density at radius 3 is 2.36 bits per heavy atom. The third kappa shape index (κ3) is 3.89. The molecule has 10 heteroatoms. The molecule has 0 bridgehead atoms. The first-order valence-corrected chi connectivity index (χ1v) is 10.8. The minimum atomic E-state index is -3.82. The van der Waals surface area contributed by atoms with Crippen molar-refractivity contribution in [1.82, 2.24) is 10.2 Å². The van der Waals surface area contributed by atoms with Crippen LogP contribution in [0.15, 0.2) is 53.4 Å². The molecule has 0 amide bonds. The topological polar surface area (TPSA) is 75.2 Å². The van der Waals surface area contributed by atoms with E-state index in [1.807, 2.05) is 17.0 Å². The summed E-state index contributed by atoms with van der Waals surface area (Å²) >= 11 is 17.6. The van der Waals surface area contributed by atoms with E-state index in [0.717, 1.165) is 17.7 Å². The lowest BCUT2D eigenvalue weighted by atomic mass is 10.1. The van der Waals surface area contributed by atoms with Crippen LogP contribution < -0.4 is 9.62 Å². The molecule has 0 unspecified atom stereocenters. The molecule has 2 heterocycles. The number of benzene rings is 2. The van der Waals surface area contributed by atoms with Crippen molar-refractivity contribution in [2.75, 3.05) is 16.2 Å². The Bertz CT molecular complexity index is 1130. The van der Waals surface area contributed by atoms with Crippen molar-refractivity contribution in [1.29, 1.82) is 0 Å². The summed E-state index contributed by atoms with van der Waals surface area (Å²) in [6.07, 6.45) is 0.748. The number of rotatable bonds is 4. The maximum absolute atomic E-state index is 12.7. The van der Waals surface area contributed by atoms with Crippen LogP contribution in [-0.2, 0) is 16.4 Å². The second-order valence-electron chi connectivity index (χ2n) is 6.17. The summed E-state index contributed by atoms with van der Waals surface area (Å²) in [6.45, 7) is 0.714. The maximum atomic E-state index is 12.7. The second-order valence-corrected chi connectivity index (χ2v) is 9.11. The summed E-state index contributed by atoms with van der Waals surface area (Å²) in [5.74, 6) is 0.685. The van der Waals surface area contributed by atoms with Gasteiger partial charge < -0.3 is 4.90 Å². The molecular weight excluding hydrogens is 443 g/mol. The number of sulfonamides is 1. The van der Waals surface area contributed by atoms with Gasteiger partial charge in [0.25, 0.3) is 10.0 Å². The van der Waals surface area contributed by atoms with Gasteiger partial charge in [-0.25, -0.2) is 8.42 Å². The lowest BCUT2D eigenvalue weighted by Crippen LogP contribution is -2.15. The van der Waals surface area contributed by atoms with Gasteiger partial charge in [-0.3, -0.25) is 4.72 Å². The summed E-state index contributed by atoms with van der Waals surface area (Å²) in [7, 11) is -3.82. The maximum Gasteiger partial charge on any atom is 0.261 e. The van der Waals surface area contributed by atoms with Crippen LogP contribution in [0.3, 0.4) is 0 Å². The molecule has 0 saturated heterocycles. The van der Waals surface area contributed by atoms with Gasteiger partial charge in [-0.15, -0.1) is 10.2 Å². The van der Waals surface area contributed by atoms with Crippen molar-refractivity contribution in [2.45, 2.75) is 11.3 Å². The van der Waals surface area contributed by atoms with Gasteiger partial charge in [-0.1, -0.05) is 34.8 Å². The molecule has 0 aliphatic carbocycles. The zero-order chi connectivity index (χ0) is 19.9. The highest BCUT2D eigenvalue weighted by molar-refractivity contribution is 7.92. The van der Waals surface area contributed by atoms with Crippen molar-refractivity contribution < 1.29 is 8.42 Å². The summed E-state index contributed by atoms with van der Waals surface area (Å²) in [5.41, 5.74) is 2.41. The molecule has 0 radical (unpaired) electrons. The lowest BCUT2D eigenvalue weighted by molar-refractivity contribution is 0.601. The van der Waals surface area contributed by atoms with Crippen LogP contribution in [0.1, 0.15) is 5.56 Å². The third-order valence-electron chi connectivity index (χ3n) is 4.27. The molecule has 1 aliphatic rings. The number of nitrogens with zero attached hydrogens (tertiary/aromatic N) is 3. The Kier molecular flexibility index (Phi) is 5.09. The van der Waals surface area contributed by atoms with E-state index in [4.69, 9.17) is 34.8 Å². The lowest BCUT2D eigenvalue weighted by Gasteiger charge is -2.18. The highest BCUT2D eigenvalue weighted by Gasteiger charge is 2.23. The zero-order valence-electron chi connectivity index (χ0n) is 14.2. The monoisotopic (exact) mass is 454 g/mol. The predicted molar refractivity (Wildman–Crippen MR) is 111 cm³/mol. The van der Waals surface area contributed by atoms with E-state index in [0.29, 0.717) is 23.2 Å². The summed E-state index contributed by atoms with van der Waals surface area (Å²) in [4.78, 5) is 2.01. The molecule has 0 atom stereocenters. The zero-order valence-corrected chi connectivity index (χ0v) is 17.3. The van der Waals surface area contributed by atoms with Crippen molar-refractivity contribution in [3.05, 3.63) is 69.3 Å². The van der Waals surface area contributed by atoms with E-state index in [1.165, 1.54) is 18.2 Å². The highest BCUT2D eigenvalue weighted by Crippen LogP contribution is 2.35. The first-order chi connectivity index (χ1) is 13.3. The van der Waals surface area contributed by atoms with Gasteiger partial charge in [-0.05, 0) is 60.5 Å². The molecule has 1 aliphatic heterocycles. The summed E-state index contributed by atoms with van der Waals surface area (Å²) in [6, 6.07) is 13.0. The standard InChI is InChI=1S/C18H13Cl3N4O2S/c19-12-8-13(20)10-15(9-12)28(26,27)24-14-1-2-16-11(7-14)5-6-25(16)18-4-3-17(21)22-23-18/h1-4,7-10,24H,5-6H2. The fourth-order valence-electron chi connectivity index (χ4n) is 3.05. The minimum absolute atomic E-state index is 0.00330. The highest BCUT2D eigenvalue weighted by atomic mass is 35.5. The fraction of sp³-hybridized carbons (Fsp3) is 0.111. The predicted octanol–water partition coefficient (Wildman–Crippen LogP) is 4.93. The average Bonchev–Trinajstić information content (AvgIpc) is 3.04. The van der Waals surface area contributed by atoms with Gasteiger partial charge in [-0.2, -0.15) is 0 Å². The molecule has 144 valence electrons. The quantitative estimate of drug-likeness (QED) is 0.603. The van der Waals surface area contributed by atoms with Gasteiger partial charge in [0, 0.05) is 28.0 Å². The molecule has 2 aromatic carbocycles. The number of aromatic nitrogens is 2. The molecular formula is C18H13Cl3N4O2S. The average molecular weight is 456 g/mol. The van der Waals surface area contributed by atoms with E-state index in [9.17, 15) is 8.42 Å². The number of hydrogen-bond donors (Lipinski definition) is 1. The van der Waals surface area contributed by atoms with Crippen LogP contribution in [0.4, 0.5) is 17.2 Å². The molecule has 0 fully saturated rings. The Hall–Kier alpha value is -2.06. The van der Waals surface area contributed by atoms with Crippen LogP contribution in [-0.4, -0.2) is 25.2 Å². The normalized spacial score (nSPS) is 13.5. The Balaban J connectivity index is 1.60. The smallest absolute Gasteiger partial charge is 0.261 e. The van der Waals surface area contributed by atoms with Gasteiger partial charge in [0.05, 0.1) is 4.90 Å². The van der Waals surface area contributed by atoms with Crippen molar-refractivity contribution in [2.24, 2.45) is 0 Å². The van der Waals surface area contributed by atoms with Crippen LogP contribution in [0, 0.1) is 0 Å². The second kappa shape index (κ2) is 7.40. The third-order valence-corrected chi connectivity index (χ3v) is 6.27. The number of anilines is 3. The van der Waals surface area contributed by atoms with Crippen LogP contribution in [0.2, 0.25) is 15.2 Å². The van der Waals surface area contributed by atoms with Gasteiger partial charge in [0.2, 0.25) is 0 Å². The van der Waals surface area contributed by atoms with Crippen LogP contribution >= 0.6 is 34.8 Å². The molecule has 4 rings (SSSR count).